The van der Waals surface area contributed by atoms with Gasteiger partial charge in [-0.3, -0.25) is 0 Å². The number of hydrogen-bond donors (Lipinski definition) is 1. The molecule has 18 heavy (non-hydrogen) atoms. The molecular formula is C15H28N2O. The van der Waals surface area contributed by atoms with Gasteiger partial charge in [-0.25, -0.2) is 0 Å². The van der Waals surface area contributed by atoms with E-state index < -0.39 is 0 Å². The van der Waals surface area contributed by atoms with E-state index >= 15 is 0 Å². The zero-order chi connectivity index (χ0) is 12.4. The molecule has 3 nitrogen and oxygen atoms in total. The first kappa shape index (κ1) is 12.9. The van der Waals surface area contributed by atoms with E-state index in [9.17, 15) is 0 Å². The normalized spacial score (nSPS) is 37.2. The number of fused-ring (bicyclic) bond motifs is 1. The molecular weight excluding hydrogens is 224 g/mol. The van der Waals surface area contributed by atoms with E-state index in [0.717, 1.165) is 44.4 Å². The quantitative estimate of drug-likeness (QED) is 0.817. The van der Waals surface area contributed by atoms with Crippen molar-refractivity contribution in [2.24, 2.45) is 17.6 Å². The molecule has 1 aliphatic carbocycles. The molecule has 0 aromatic rings. The number of hydrogen-bond acceptors (Lipinski definition) is 3. The Kier molecular flexibility index (Phi) is 3.92. The summed E-state index contributed by atoms with van der Waals surface area (Å²) in [7, 11) is 0. The van der Waals surface area contributed by atoms with Crippen LogP contribution in [0.3, 0.4) is 0 Å². The van der Waals surface area contributed by atoms with Crippen molar-refractivity contribution in [2.45, 2.75) is 50.5 Å². The van der Waals surface area contributed by atoms with E-state index in [1.54, 1.807) is 0 Å². The summed E-state index contributed by atoms with van der Waals surface area (Å²) >= 11 is 0. The number of piperidine rings is 1. The van der Waals surface area contributed by atoms with Gasteiger partial charge in [-0.05, 0) is 44.1 Å². The van der Waals surface area contributed by atoms with Gasteiger partial charge in [-0.15, -0.1) is 0 Å². The molecule has 0 amide bonds. The highest BCUT2D eigenvalue weighted by atomic mass is 16.5. The molecule has 2 saturated heterocycles. The second-order valence-corrected chi connectivity index (χ2v) is 6.80. The van der Waals surface area contributed by atoms with Crippen molar-refractivity contribution in [3.63, 3.8) is 0 Å². The van der Waals surface area contributed by atoms with Crippen molar-refractivity contribution in [3.05, 3.63) is 0 Å². The summed E-state index contributed by atoms with van der Waals surface area (Å²) in [6.07, 6.45) is 9.37. The van der Waals surface area contributed by atoms with Crippen LogP contribution in [0.1, 0.15) is 44.9 Å². The second kappa shape index (κ2) is 5.48. The summed E-state index contributed by atoms with van der Waals surface area (Å²) in [5.41, 5.74) is 6.56. The average molecular weight is 252 g/mol. The van der Waals surface area contributed by atoms with E-state index in [1.165, 1.54) is 45.2 Å². The molecule has 104 valence electrons. The van der Waals surface area contributed by atoms with Gasteiger partial charge in [0, 0.05) is 31.8 Å². The Bertz CT molecular complexity index is 276. The Morgan fingerprint density at radius 1 is 1.06 bits per heavy atom. The van der Waals surface area contributed by atoms with Crippen LogP contribution in [0.5, 0.6) is 0 Å². The fourth-order valence-corrected chi connectivity index (χ4v) is 4.20. The molecule has 0 aromatic heterocycles. The second-order valence-electron chi connectivity index (χ2n) is 6.80. The van der Waals surface area contributed by atoms with Gasteiger partial charge in [0.05, 0.1) is 0 Å². The highest BCUT2D eigenvalue weighted by molar-refractivity contribution is 4.92. The fraction of sp³-hybridized carbons (Fsp3) is 1.00. The maximum absolute atomic E-state index is 6.54. The van der Waals surface area contributed by atoms with Crippen LogP contribution in [0.15, 0.2) is 0 Å². The monoisotopic (exact) mass is 252 g/mol. The van der Waals surface area contributed by atoms with Crippen LogP contribution in [0.2, 0.25) is 0 Å². The number of likely N-dealkylation sites (tertiary alicyclic amines) is 1. The Hall–Kier alpha value is -0.120. The van der Waals surface area contributed by atoms with Crippen molar-refractivity contribution in [2.75, 3.05) is 32.8 Å². The third-order valence-corrected chi connectivity index (χ3v) is 5.40. The van der Waals surface area contributed by atoms with Gasteiger partial charge in [0.15, 0.2) is 0 Å². The molecule has 3 heteroatoms. The molecule has 3 rings (SSSR count). The molecule has 2 N–H and O–H groups in total. The summed E-state index contributed by atoms with van der Waals surface area (Å²) in [4.78, 5) is 2.65. The van der Waals surface area contributed by atoms with E-state index in [1.807, 2.05) is 0 Å². The third-order valence-electron chi connectivity index (χ3n) is 5.40. The number of rotatable bonds is 2. The number of ether oxygens (including phenoxy) is 1. The largest absolute Gasteiger partial charge is 0.381 e. The lowest BCUT2D eigenvalue weighted by Crippen LogP contribution is -2.56. The minimum Gasteiger partial charge on any atom is -0.381 e. The molecule has 3 aliphatic rings. The van der Waals surface area contributed by atoms with Crippen LogP contribution in [-0.2, 0) is 4.74 Å². The molecule has 2 aliphatic heterocycles. The van der Waals surface area contributed by atoms with E-state index in [-0.39, 0.29) is 5.54 Å². The van der Waals surface area contributed by atoms with Crippen molar-refractivity contribution in [1.82, 2.24) is 4.90 Å². The third kappa shape index (κ3) is 2.89. The maximum atomic E-state index is 6.54. The molecule has 2 unspecified atom stereocenters. The zero-order valence-electron chi connectivity index (χ0n) is 11.6. The van der Waals surface area contributed by atoms with Crippen molar-refractivity contribution in [3.8, 4) is 0 Å². The molecule has 3 fully saturated rings. The highest BCUT2D eigenvalue weighted by Gasteiger charge is 2.35. The summed E-state index contributed by atoms with van der Waals surface area (Å²) < 4.78 is 5.44. The predicted molar refractivity (Wildman–Crippen MR) is 73.5 cm³/mol. The topological polar surface area (TPSA) is 38.5 Å². The summed E-state index contributed by atoms with van der Waals surface area (Å²) in [6.45, 7) is 5.40. The molecule has 2 atom stereocenters. The lowest BCUT2D eigenvalue weighted by molar-refractivity contribution is 0.0181. The van der Waals surface area contributed by atoms with Gasteiger partial charge in [0.1, 0.15) is 0 Å². The Balaban J connectivity index is 1.54. The van der Waals surface area contributed by atoms with E-state index in [2.05, 4.69) is 4.90 Å². The van der Waals surface area contributed by atoms with Crippen LogP contribution in [0, 0.1) is 11.8 Å². The maximum Gasteiger partial charge on any atom is 0.0484 e. The minimum absolute atomic E-state index is 0.0275. The van der Waals surface area contributed by atoms with Crippen molar-refractivity contribution in [1.29, 1.82) is 0 Å². The lowest BCUT2D eigenvalue weighted by Gasteiger charge is -2.45. The van der Waals surface area contributed by atoms with Gasteiger partial charge in [-0.2, -0.15) is 0 Å². The summed E-state index contributed by atoms with van der Waals surface area (Å²) in [6, 6.07) is 0. The van der Waals surface area contributed by atoms with Crippen LogP contribution in [0.4, 0.5) is 0 Å². The molecule has 0 aromatic carbocycles. The first-order valence-electron chi connectivity index (χ1n) is 7.84. The highest BCUT2D eigenvalue weighted by Crippen LogP contribution is 2.36. The lowest BCUT2D eigenvalue weighted by atomic mass is 9.74. The van der Waals surface area contributed by atoms with Gasteiger partial charge in [-0.1, -0.05) is 19.3 Å². The molecule has 0 bridgehead atoms. The molecule has 0 radical (unpaired) electrons. The Morgan fingerprint density at radius 2 is 1.78 bits per heavy atom. The predicted octanol–water partition coefficient (Wildman–Crippen LogP) is 2.01. The van der Waals surface area contributed by atoms with Crippen LogP contribution in [-0.4, -0.2) is 43.3 Å². The van der Waals surface area contributed by atoms with Gasteiger partial charge >= 0.3 is 0 Å². The fourth-order valence-electron chi connectivity index (χ4n) is 4.20. The first-order valence-corrected chi connectivity index (χ1v) is 7.84. The zero-order valence-corrected chi connectivity index (χ0v) is 11.6. The smallest absolute Gasteiger partial charge is 0.0484 e. The Morgan fingerprint density at radius 3 is 2.56 bits per heavy atom. The number of nitrogens with zero attached hydrogens (tertiary/aromatic N) is 1. The van der Waals surface area contributed by atoms with Crippen LogP contribution in [0.25, 0.3) is 0 Å². The number of nitrogens with two attached hydrogens (primary N) is 1. The van der Waals surface area contributed by atoms with E-state index in [4.69, 9.17) is 10.5 Å². The molecule has 1 saturated carbocycles. The minimum atomic E-state index is 0.0275. The summed E-state index contributed by atoms with van der Waals surface area (Å²) in [5.74, 6) is 1.99. The van der Waals surface area contributed by atoms with E-state index in [0.29, 0.717) is 0 Å². The Labute approximate surface area is 111 Å². The van der Waals surface area contributed by atoms with Crippen LogP contribution >= 0.6 is 0 Å². The molecule has 0 spiro atoms. The standard InChI is InChI=1S/C15H28N2O/c16-15(6-9-18-10-7-15)12-17-8-5-13-3-1-2-4-14(13)11-17/h13-14H,1-12,16H2. The van der Waals surface area contributed by atoms with Crippen molar-refractivity contribution >= 4 is 0 Å². The van der Waals surface area contributed by atoms with Gasteiger partial charge in [0.25, 0.3) is 0 Å². The van der Waals surface area contributed by atoms with Gasteiger partial charge in [0.2, 0.25) is 0 Å². The first-order chi connectivity index (χ1) is 8.75. The summed E-state index contributed by atoms with van der Waals surface area (Å²) in [5, 5.41) is 0. The SMILES string of the molecule is NC1(CN2CCC3CCCCC3C2)CCOCC1. The average Bonchev–Trinajstić information content (AvgIpc) is 2.39. The van der Waals surface area contributed by atoms with Crippen molar-refractivity contribution < 1.29 is 4.74 Å². The molecule has 2 heterocycles. The van der Waals surface area contributed by atoms with Gasteiger partial charge < -0.3 is 15.4 Å². The van der Waals surface area contributed by atoms with Crippen LogP contribution < -0.4 is 5.73 Å².